The number of benzene rings is 2. The molecule has 0 fully saturated rings. The van der Waals surface area contributed by atoms with Gasteiger partial charge < -0.3 is 5.11 Å². The summed E-state index contributed by atoms with van der Waals surface area (Å²) in [5, 5.41) is 10.7. The number of phenols is 1. The molecule has 0 radical (unpaired) electrons. The molecule has 0 spiro atoms. The number of hydrogen-bond acceptors (Lipinski definition) is 2. The van der Waals surface area contributed by atoms with Crippen LogP contribution in [0.2, 0.25) is 0 Å². The number of para-hydroxylation sites is 1. The van der Waals surface area contributed by atoms with E-state index in [0.29, 0.717) is 11.8 Å². The topological polar surface area (TPSA) is 32.6 Å². The first-order valence-electron chi connectivity index (χ1n) is 8.38. The Kier molecular flexibility index (Phi) is 10.5. The monoisotopic (exact) mass is 413 g/mol. The van der Waals surface area contributed by atoms with Crippen molar-refractivity contribution in [3.63, 3.8) is 0 Å². The van der Waals surface area contributed by atoms with Crippen LogP contribution in [0.25, 0.3) is 11.1 Å². The van der Waals surface area contributed by atoms with Gasteiger partial charge in [0.2, 0.25) is 0 Å². The van der Waals surface area contributed by atoms with Crippen molar-refractivity contribution in [1.82, 2.24) is 0 Å². The van der Waals surface area contributed by atoms with E-state index >= 15 is 0 Å². The van der Waals surface area contributed by atoms with Crippen molar-refractivity contribution in [2.24, 2.45) is 4.99 Å². The molecule has 5 heteroatoms. The van der Waals surface area contributed by atoms with E-state index in [9.17, 15) is 5.11 Å². The number of phenolic OH excluding ortho intramolecular Hbond substituents is 1. The standard InChI is InChI=1S/C20H25NO.2ClH.Ti/c1-5-17(6-2)21-13-16-11-8-12-18(20(16)22)19-14(3)9-7-10-15(19)4;;;/h7-13,17,22H,5-6H2,1-4H3;2*1H;/q;;;+2/p-2. The summed E-state index contributed by atoms with van der Waals surface area (Å²) in [5.41, 5.74) is 5.11. The van der Waals surface area contributed by atoms with Gasteiger partial charge >= 0.3 is 35.6 Å². The van der Waals surface area contributed by atoms with Gasteiger partial charge in [-0.05, 0) is 49.4 Å². The van der Waals surface area contributed by atoms with Gasteiger partial charge in [-0.1, -0.05) is 44.2 Å². The van der Waals surface area contributed by atoms with E-state index < -0.39 is 17.0 Å². The molecule has 0 atom stereocenters. The Balaban J connectivity index is 0.000000970. The third-order valence-electron chi connectivity index (χ3n) is 4.18. The van der Waals surface area contributed by atoms with E-state index in [0.717, 1.165) is 29.5 Å². The molecule has 2 rings (SSSR count). The van der Waals surface area contributed by atoms with Crippen molar-refractivity contribution in [3.8, 4) is 16.9 Å². The Morgan fingerprint density at radius 3 is 2.08 bits per heavy atom. The van der Waals surface area contributed by atoms with Crippen LogP contribution in [0, 0.1) is 13.8 Å². The van der Waals surface area contributed by atoms with Gasteiger partial charge in [0, 0.05) is 23.4 Å². The number of nitrogens with zero attached hydrogens (tertiary/aromatic N) is 1. The third-order valence-corrected chi connectivity index (χ3v) is 4.18. The van der Waals surface area contributed by atoms with Gasteiger partial charge in [0.05, 0.1) is 0 Å². The van der Waals surface area contributed by atoms with Gasteiger partial charge in [-0.2, -0.15) is 0 Å². The van der Waals surface area contributed by atoms with Crippen molar-refractivity contribution in [3.05, 3.63) is 53.1 Å². The first-order valence-corrected chi connectivity index (χ1v) is 12.7. The number of hydrogen-bond donors (Lipinski definition) is 1. The minimum atomic E-state index is -0.556. The molecule has 0 aliphatic rings. The second kappa shape index (κ2) is 11.7. The zero-order valence-corrected chi connectivity index (χ0v) is 18.3. The van der Waals surface area contributed by atoms with Crippen molar-refractivity contribution < 1.29 is 22.1 Å². The maximum atomic E-state index is 10.7. The minimum absolute atomic E-state index is 0.314. The summed E-state index contributed by atoms with van der Waals surface area (Å²) in [6.07, 6.45) is 3.85. The zero-order valence-electron chi connectivity index (χ0n) is 15.2. The first kappa shape index (κ1) is 22.2. The first-order chi connectivity index (χ1) is 12.0. The molecule has 134 valence electrons. The van der Waals surface area contributed by atoms with Crippen LogP contribution in [-0.4, -0.2) is 17.4 Å². The van der Waals surface area contributed by atoms with Crippen molar-refractivity contribution in [2.45, 2.75) is 46.6 Å². The van der Waals surface area contributed by atoms with Crippen LogP contribution < -0.4 is 0 Å². The summed E-state index contributed by atoms with van der Waals surface area (Å²) in [6.45, 7) is 8.43. The number of aromatic hydroxyl groups is 1. The molecule has 0 aromatic heterocycles. The number of aliphatic imine (C=N–C) groups is 1. The molecule has 0 unspecified atom stereocenters. The fraction of sp³-hybridized carbons (Fsp3) is 0.350. The van der Waals surface area contributed by atoms with Crippen LogP contribution in [0.4, 0.5) is 0 Å². The Hall–Kier alpha value is -0.796. The van der Waals surface area contributed by atoms with Gasteiger partial charge in [0.25, 0.3) is 0 Å². The van der Waals surface area contributed by atoms with Crippen LogP contribution in [-0.2, 0) is 17.0 Å². The molecule has 0 aliphatic carbocycles. The molecule has 25 heavy (non-hydrogen) atoms. The summed E-state index contributed by atoms with van der Waals surface area (Å²) in [7, 11) is 9.78. The summed E-state index contributed by atoms with van der Waals surface area (Å²) in [6, 6.07) is 12.4. The maximum absolute atomic E-state index is 10.7. The molecule has 0 aliphatic heterocycles. The van der Waals surface area contributed by atoms with Crippen LogP contribution in [0.15, 0.2) is 41.4 Å². The summed E-state index contributed by atoms with van der Waals surface area (Å²) < 4.78 is 0. The van der Waals surface area contributed by atoms with E-state index in [2.05, 4.69) is 44.8 Å². The van der Waals surface area contributed by atoms with Gasteiger partial charge in [0.1, 0.15) is 5.75 Å². The van der Waals surface area contributed by atoms with E-state index in [1.54, 1.807) is 0 Å². The van der Waals surface area contributed by atoms with Crippen LogP contribution in [0.3, 0.4) is 0 Å². The van der Waals surface area contributed by atoms with Crippen LogP contribution in [0.1, 0.15) is 43.4 Å². The predicted molar refractivity (Wildman–Crippen MR) is 107 cm³/mol. The molecular formula is C20H25Cl2NOTi. The molecule has 0 amide bonds. The summed E-state index contributed by atoms with van der Waals surface area (Å²) in [5.74, 6) is 0.314. The van der Waals surface area contributed by atoms with E-state index in [1.807, 2.05) is 30.5 Å². The Labute approximate surface area is 168 Å². The summed E-state index contributed by atoms with van der Waals surface area (Å²) in [4.78, 5) is 4.59. The average molecular weight is 414 g/mol. The third kappa shape index (κ3) is 6.45. The fourth-order valence-electron chi connectivity index (χ4n) is 2.79. The summed E-state index contributed by atoms with van der Waals surface area (Å²) >= 11 is -0.556. The van der Waals surface area contributed by atoms with Crippen molar-refractivity contribution in [2.75, 3.05) is 0 Å². The molecule has 0 bridgehead atoms. The van der Waals surface area contributed by atoms with Crippen molar-refractivity contribution in [1.29, 1.82) is 0 Å². The zero-order chi connectivity index (χ0) is 18.8. The quantitative estimate of drug-likeness (QED) is 0.431. The number of aryl methyl sites for hydroxylation is 2. The number of rotatable bonds is 5. The predicted octanol–water partition coefficient (Wildman–Crippen LogP) is 6.66. The molecular weight excluding hydrogens is 389 g/mol. The Bertz CT molecular complexity index is 680. The molecule has 0 heterocycles. The Morgan fingerprint density at radius 1 is 1.04 bits per heavy atom. The van der Waals surface area contributed by atoms with Crippen LogP contribution >= 0.6 is 18.6 Å². The van der Waals surface area contributed by atoms with E-state index in [4.69, 9.17) is 18.6 Å². The molecule has 2 nitrogen and oxygen atoms in total. The fourth-order valence-corrected chi connectivity index (χ4v) is 2.79. The van der Waals surface area contributed by atoms with Gasteiger partial charge in [-0.25, -0.2) is 0 Å². The van der Waals surface area contributed by atoms with Gasteiger partial charge in [-0.15, -0.1) is 0 Å². The normalized spacial score (nSPS) is 10.7. The molecule has 2 aromatic carbocycles. The SMILES string of the molecule is CCC(CC)N=Cc1cccc(-c2c(C)cccc2C)c1O.[Cl][Ti][Cl]. The van der Waals surface area contributed by atoms with Crippen LogP contribution in [0.5, 0.6) is 5.75 Å². The van der Waals surface area contributed by atoms with Gasteiger partial charge in [0.15, 0.2) is 0 Å². The second-order valence-corrected chi connectivity index (χ2v) is 8.41. The van der Waals surface area contributed by atoms with E-state index in [1.165, 1.54) is 11.1 Å². The second-order valence-electron chi connectivity index (χ2n) is 5.83. The van der Waals surface area contributed by atoms with E-state index in [-0.39, 0.29) is 0 Å². The van der Waals surface area contributed by atoms with Crippen molar-refractivity contribution >= 4 is 24.8 Å². The average Bonchev–Trinajstić information content (AvgIpc) is 2.59. The molecule has 2 aromatic rings. The molecule has 1 N–H and O–H groups in total. The molecule has 0 saturated carbocycles. The molecule has 0 saturated heterocycles. The number of halogens is 2. The van der Waals surface area contributed by atoms with Gasteiger partial charge in [-0.3, -0.25) is 4.99 Å². The Morgan fingerprint density at radius 2 is 1.56 bits per heavy atom.